The second-order valence-corrected chi connectivity index (χ2v) is 6.27. The van der Waals surface area contributed by atoms with Crippen LogP contribution in [0, 0.1) is 0 Å². The maximum atomic E-state index is 3.69. The van der Waals surface area contributed by atoms with Gasteiger partial charge in [-0.1, -0.05) is 46.0 Å². The third-order valence-corrected chi connectivity index (χ3v) is 5.02. The van der Waals surface area contributed by atoms with Gasteiger partial charge in [0.05, 0.1) is 0 Å². The predicted octanol–water partition coefficient (Wildman–Crippen LogP) is 4.22. The van der Waals surface area contributed by atoms with Gasteiger partial charge in [-0.3, -0.25) is 0 Å². The third-order valence-electron chi connectivity index (χ3n) is 3.50. The quantitative estimate of drug-likeness (QED) is 0.609. The minimum atomic E-state index is 0.791. The topological polar surface area (TPSA) is 12.0 Å². The molecule has 16 heavy (non-hydrogen) atoms. The van der Waals surface area contributed by atoms with E-state index in [-0.39, 0.29) is 0 Å². The van der Waals surface area contributed by atoms with Gasteiger partial charge in [-0.05, 0) is 31.6 Å². The fourth-order valence-corrected chi connectivity index (χ4v) is 4.00. The first-order valence-electron chi connectivity index (χ1n) is 7.23. The lowest BCUT2D eigenvalue weighted by Crippen LogP contribution is -2.36. The summed E-state index contributed by atoms with van der Waals surface area (Å²) in [6, 6.07) is 0.791. The van der Waals surface area contributed by atoms with Gasteiger partial charge in [0.15, 0.2) is 0 Å². The van der Waals surface area contributed by atoms with Crippen molar-refractivity contribution >= 4 is 11.8 Å². The minimum Gasteiger partial charge on any atom is -0.313 e. The molecule has 0 aromatic heterocycles. The van der Waals surface area contributed by atoms with Crippen molar-refractivity contribution in [1.82, 2.24) is 5.32 Å². The monoisotopic (exact) mass is 243 g/mol. The van der Waals surface area contributed by atoms with Crippen molar-refractivity contribution < 1.29 is 0 Å². The molecule has 2 unspecified atom stereocenters. The largest absolute Gasteiger partial charge is 0.313 e. The summed E-state index contributed by atoms with van der Waals surface area (Å²) in [5, 5.41) is 4.60. The molecule has 1 aliphatic heterocycles. The van der Waals surface area contributed by atoms with Crippen LogP contribution in [-0.4, -0.2) is 23.6 Å². The number of thioether (sulfide) groups is 1. The molecule has 0 aromatic carbocycles. The van der Waals surface area contributed by atoms with E-state index >= 15 is 0 Å². The summed E-state index contributed by atoms with van der Waals surface area (Å²) in [7, 11) is 0. The Labute approximate surface area is 106 Å². The van der Waals surface area contributed by atoms with E-state index in [2.05, 4.69) is 30.9 Å². The SMILES string of the molecule is CCCCCCCC(NCC)C1CCCS1. The Balaban J connectivity index is 2.12. The average Bonchev–Trinajstić information content (AvgIpc) is 2.81. The average molecular weight is 243 g/mol. The number of unbranched alkanes of at least 4 members (excludes halogenated alkanes) is 4. The summed E-state index contributed by atoms with van der Waals surface area (Å²) in [6.45, 7) is 5.66. The summed E-state index contributed by atoms with van der Waals surface area (Å²) in [6.07, 6.45) is 11.4. The summed E-state index contributed by atoms with van der Waals surface area (Å²) in [4.78, 5) is 0. The van der Waals surface area contributed by atoms with Crippen LogP contribution in [-0.2, 0) is 0 Å². The van der Waals surface area contributed by atoms with Crippen LogP contribution in [0.2, 0.25) is 0 Å². The van der Waals surface area contributed by atoms with Crippen molar-refractivity contribution in [2.75, 3.05) is 12.3 Å². The zero-order valence-corrected chi connectivity index (χ0v) is 12.0. The number of rotatable bonds is 9. The summed E-state index contributed by atoms with van der Waals surface area (Å²) >= 11 is 2.20. The molecule has 0 amide bonds. The van der Waals surface area contributed by atoms with Crippen molar-refractivity contribution in [3.8, 4) is 0 Å². The van der Waals surface area contributed by atoms with Gasteiger partial charge in [0.2, 0.25) is 0 Å². The molecule has 1 N–H and O–H groups in total. The van der Waals surface area contributed by atoms with Crippen molar-refractivity contribution in [2.24, 2.45) is 0 Å². The van der Waals surface area contributed by atoms with E-state index in [0.717, 1.165) is 17.8 Å². The van der Waals surface area contributed by atoms with Gasteiger partial charge < -0.3 is 5.32 Å². The summed E-state index contributed by atoms with van der Waals surface area (Å²) < 4.78 is 0. The van der Waals surface area contributed by atoms with E-state index in [1.807, 2.05) is 0 Å². The first-order valence-corrected chi connectivity index (χ1v) is 8.28. The lowest BCUT2D eigenvalue weighted by molar-refractivity contribution is 0.444. The van der Waals surface area contributed by atoms with Gasteiger partial charge in [0.1, 0.15) is 0 Å². The van der Waals surface area contributed by atoms with Crippen LogP contribution < -0.4 is 5.32 Å². The standard InChI is InChI=1S/C14H29NS/c1-3-5-6-7-8-10-13(15-4-2)14-11-9-12-16-14/h13-15H,3-12H2,1-2H3. The third kappa shape index (κ3) is 5.58. The van der Waals surface area contributed by atoms with Crippen molar-refractivity contribution in [2.45, 2.75) is 76.5 Å². The zero-order valence-electron chi connectivity index (χ0n) is 11.1. The molecular weight excluding hydrogens is 214 g/mol. The second kappa shape index (κ2) is 9.35. The van der Waals surface area contributed by atoms with E-state index in [0.29, 0.717) is 0 Å². The van der Waals surface area contributed by atoms with E-state index in [1.54, 1.807) is 0 Å². The van der Waals surface area contributed by atoms with Gasteiger partial charge in [-0.25, -0.2) is 0 Å². The Morgan fingerprint density at radius 3 is 2.62 bits per heavy atom. The fraction of sp³-hybridized carbons (Fsp3) is 1.00. The van der Waals surface area contributed by atoms with E-state index in [1.165, 1.54) is 57.1 Å². The van der Waals surface area contributed by atoms with Crippen LogP contribution in [0.3, 0.4) is 0 Å². The highest BCUT2D eigenvalue weighted by Crippen LogP contribution is 2.30. The smallest absolute Gasteiger partial charge is 0.0201 e. The van der Waals surface area contributed by atoms with Crippen LogP contribution in [0.15, 0.2) is 0 Å². The van der Waals surface area contributed by atoms with Gasteiger partial charge >= 0.3 is 0 Å². The molecule has 1 aliphatic rings. The minimum absolute atomic E-state index is 0.791. The van der Waals surface area contributed by atoms with Crippen molar-refractivity contribution in [1.29, 1.82) is 0 Å². The van der Waals surface area contributed by atoms with Crippen LogP contribution in [0.25, 0.3) is 0 Å². The molecule has 0 spiro atoms. The molecule has 2 heteroatoms. The number of hydrogen-bond acceptors (Lipinski definition) is 2. The second-order valence-electron chi connectivity index (χ2n) is 4.92. The number of nitrogens with one attached hydrogen (secondary N) is 1. The summed E-state index contributed by atoms with van der Waals surface area (Å²) in [5.74, 6) is 1.39. The van der Waals surface area contributed by atoms with Crippen LogP contribution in [0.4, 0.5) is 0 Å². The van der Waals surface area contributed by atoms with E-state index in [4.69, 9.17) is 0 Å². The lowest BCUT2D eigenvalue weighted by atomic mass is 10.0. The number of hydrogen-bond donors (Lipinski definition) is 1. The van der Waals surface area contributed by atoms with Crippen LogP contribution in [0.5, 0.6) is 0 Å². The molecule has 1 fully saturated rings. The fourth-order valence-electron chi connectivity index (χ4n) is 2.57. The Morgan fingerprint density at radius 2 is 2.00 bits per heavy atom. The van der Waals surface area contributed by atoms with Crippen molar-refractivity contribution in [3.05, 3.63) is 0 Å². The normalized spacial score (nSPS) is 22.5. The van der Waals surface area contributed by atoms with Gasteiger partial charge in [-0.2, -0.15) is 11.8 Å². The first-order chi connectivity index (χ1) is 7.88. The molecule has 0 saturated carbocycles. The molecule has 1 nitrogen and oxygen atoms in total. The van der Waals surface area contributed by atoms with E-state index in [9.17, 15) is 0 Å². The summed E-state index contributed by atoms with van der Waals surface area (Å²) in [5.41, 5.74) is 0. The van der Waals surface area contributed by atoms with Gasteiger partial charge in [0.25, 0.3) is 0 Å². The Bertz CT molecular complexity index is 155. The molecule has 0 aromatic rings. The van der Waals surface area contributed by atoms with Crippen molar-refractivity contribution in [3.63, 3.8) is 0 Å². The first kappa shape index (κ1) is 14.4. The Morgan fingerprint density at radius 1 is 1.19 bits per heavy atom. The van der Waals surface area contributed by atoms with Gasteiger partial charge in [0, 0.05) is 11.3 Å². The predicted molar refractivity (Wildman–Crippen MR) is 76.3 cm³/mol. The Hall–Kier alpha value is 0.310. The molecule has 0 radical (unpaired) electrons. The molecule has 1 heterocycles. The molecule has 1 rings (SSSR count). The van der Waals surface area contributed by atoms with Crippen LogP contribution >= 0.6 is 11.8 Å². The Kier molecular flexibility index (Phi) is 8.40. The maximum absolute atomic E-state index is 3.69. The molecule has 0 bridgehead atoms. The highest BCUT2D eigenvalue weighted by Gasteiger charge is 2.24. The molecular formula is C14H29NS. The molecule has 1 saturated heterocycles. The van der Waals surface area contributed by atoms with E-state index < -0.39 is 0 Å². The highest BCUT2D eigenvalue weighted by molar-refractivity contribution is 8.00. The molecule has 0 aliphatic carbocycles. The molecule has 96 valence electrons. The highest BCUT2D eigenvalue weighted by atomic mass is 32.2. The van der Waals surface area contributed by atoms with Crippen LogP contribution in [0.1, 0.15) is 65.2 Å². The maximum Gasteiger partial charge on any atom is 0.0201 e. The zero-order chi connectivity index (χ0) is 11.6. The molecule has 2 atom stereocenters. The van der Waals surface area contributed by atoms with Gasteiger partial charge in [-0.15, -0.1) is 0 Å². The lowest BCUT2D eigenvalue weighted by Gasteiger charge is -2.23.